The van der Waals surface area contributed by atoms with Crippen LogP contribution in [0.25, 0.3) is 0 Å². The number of carbonyl (C=O) groups is 1. The van der Waals surface area contributed by atoms with Gasteiger partial charge >= 0.3 is 0 Å². The zero-order valence-electron chi connectivity index (χ0n) is 12.1. The highest BCUT2D eigenvalue weighted by Crippen LogP contribution is 2.29. The number of carbonyl (C=O) groups excluding carboxylic acids is 1. The van der Waals surface area contributed by atoms with Crippen LogP contribution in [0.15, 0.2) is 6.07 Å². The van der Waals surface area contributed by atoms with Gasteiger partial charge in [-0.1, -0.05) is 30.1 Å². The van der Waals surface area contributed by atoms with Crippen molar-refractivity contribution in [3.05, 3.63) is 16.1 Å². The summed E-state index contributed by atoms with van der Waals surface area (Å²) < 4.78 is 0. The zero-order chi connectivity index (χ0) is 15.2. The summed E-state index contributed by atoms with van der Waals surface area (Å²) in [6, 6.07) is 1.64. The highest BCUT2D eigenvalue weighted by atomic mass is 35.5. The quantitative estimate of drug-likeness (QED) is 0.840. The van der Waals surface area contributed by atoms with Gasteiger partial charge in [0.2, 0.25) is 5.91 Å². The fourth-order valence-corrected chi connectivity index (χ4v) is 2.69. The minimum absolute atomic E-state index is 0.0726. The van der Waals surface area contributed by atoms with Crippen LogP contribution in [0.5, 0.6) is 0 Å². The van der Waals surface area contributed by atoms with Crippen molar-refractivity contribution in [2.45, 2.75) is 26.2 Å². The number of nitrogens with zero attached hydrogens (tertiary/aromatic N) is 2. The first-order valence-corrected chi connectivity index (χ1v) is 7.99. The summed E-state index contributed by atoms with van der Waals surface area (Å²) in [7, 11) is 0. The van der Waals surface area contributed by atoms with E-state index in [9.17, 15) is 4.79 Å². The molecule has 0 saturated carbocycles. The van der Waals surface area contributed by atoms with E-state index in [4.69, 9.17) is 23.2 Å². The molecule has 1 aliphatic rings. The second-order valence-electron chi connectivity index (χ2n) is 5.02. The fraction of sp³-hybridized carbons (Fsp3) is 0.571. The highest BCUT2D eigenvalue weighted by molar-refractivity contribution is 6.37. The summed E-state index contributed by atoms with van der Waals surface area (Å²) in [5.74, 6) is 1.13. The molecule has 2 heterocycles. The number of likely N-dealkylation sites (tertiary alicyclic amines) is 1. The molecule has 1 aliphatic heterocycles. The molecule has 2 N–H and O–H groups in total. The first kappa shape index (κ1) is 16.2. The molecule has 0 bridgehead atoms. The van der Waals surface area contributed by atoms with Crippen LogP contribution in [0.2, 0.25) is 10.0 Å². The molecule has 2 rings (SSSR count). The van der Waals surface area contributed by atoms with Gasteiger partial charge < -0.3 is 15.5 Å². The van der Waals surface area contributed by atoms with E-state index in [1.54, 1.807) is 6.07 Å². The summed E-state index contributed by atoms with van der Waals surface area (Å²) in [6.45, 7) is 4.71. The van der Waals surface area contributed by atoms with E-state index in [1.165, 1.54) is 0 Å². The zero-order valence-corrected chi connectivity index (χ0v) is 13.6. The second kappa shape index (κ2) is 7.71. The third kappa shape index (κ3) is 4.38. The van der Waals surface area contributed by atoms with Gasteiger partial charge in [0, 0.05) is 19.6 Å². The second-order valence-corrected chi connectivity index (χ2v) is 5.83. The topological polar surface area (TPSA) is 57.3 Å². The molecular formula is C14H20Cl2N4O. The maximum atomic E-state index is 12.0. The largest absolute Gasteiger partial charge is 0.369 e. The third-order valence-electron chi connectivity index (χ3n) is 3.34. The van der Waals surface area contributed by atoms with E-state index in [0.717, 1.165) is 38.9 Å². The average molecular weight is 331 g/mol. The Labute approximate surface area is 135 Å². The van der Waals surface area contributed by atoms with Crippen molar-refractivity contribution in [1.29, 1.82) is 0 Å². The van der Waals surface area contributed by atoms with Gasteiger partial charge in [0.1, 0.15) is 11.6 Å². The number of nitrogens with one attached hydrogen (secondary N) is 2. The molecule has 0 aliphatic carbocycles. The third-order valence-corrected chi connectivity index (χ3v) is 3.91. The van der Waals surface area contributed by atoms with Crippen molar-refractivity contribution in [1.82, 2.24) is 9.88 Å². The molecule has 1 saturated heterocycles. The number of rotatable bonds is 6. The van der Waals surface area contributed by atoms with Crippen molar-refractivity contribution in [3.63, 3.8) is 0 Å². The lowest BCUT2D eigenvalue weighted by molar-refractivity contribution is -0.128. The Balaban J connectivity index is 1.99. The number of hydrogen-bond donors (Lipinski definition) is 2. The molecule has 7 heteroatoms. The normalized spacial score (nSPS) is 14.3. The summed E-state index contributed by atoms with van der Waals surface area (Å²) in [5, 5.41) is 7.03. The lowest BCUT2D eigenvalue weighted by atomic mass is 10.4. The van der Waals surface area contributed by atoms with E-state index < -0.39 is 0 Å². The van der Waals surface area contributed by atoms with Crippen LogP contribution < -0.4 is 10.6 Å². The smallest absolute Gasteiger partial charge is 0.241 e. The van der Waals surface area contributed by atoms with Gasteiger partial charge in [-0.25, -0.2) is 4.98 Å². The molecule has 0 unspecified atom stereocenters. The number of anilines is 2. The summed E-state index contributed by atoms with van der Waals surface area (Å²) >= 11 is 12.2. The number of halogens is 2. The summed E-state index contributed by atoms with van der Waals surface area (Å²) in [5.41, 5.74) is 0. The fourth-order valence-electron chi connectivity index (χ4n) is 2.20. The SMILES string of the molecule is CCCNc1nc(NCC(=O)N2CCCC2)c(Cl)cc1Cl. The number of hydrogen-bond acceptors (Lipinski definition) is 4. The molecule has 21 heavy (non-hydrogen) atoms. The molecule has 5 nitrogen and oxygen atoms in total. The van der Waals surface area contributed by atoms with Gasteiger partial charge in [-0.3, -0.25) is 4.79 Å². The van der Waals surface area contributed by atoms with Crippen molar-refractivity contribution in [3.8, 4) is 0 Å². The highest BCUT2D eigenvalue weighted by Gasteiger charge is 2.18. The van der Waals surface area contributed by atoms with Gasteiger partial charge in [-0.2, -0.15) is 0 Å². The summed E-state index contributed by atoms with van der Waals surface area (Å²) in [4.78, 5) is 18.2. The molecule has 1 amide bonds. The van der Waals surface area contributed by atoms with E-state index in [-0.39, 0.29) is 12.5 Å². The first-order valence-electron chi connectivity index (χ1n) is 7.23. The average Bonchev–Trinajstić information content (AvgIpc) is 2.99. The van der Waals surface area contributed by atoms with Crippen molar-refractivity contribution < 1.29 is 4.79 Å². The van der Waals surface area contributed by atoms with Crippen LogP contribution >= 0.6 is 23.2 Å². The van der Waals surface area contributed by atoms with Crippen molar-refractivity contribution in [2.75, 3.05) is 36.8 Å². The standard InChI is InChI=1S/C14H20Cl2N4O/c1-2-5-17-13-10(15)8-11(16)14(19-13)18-9-12(21)20-6-3-4-7-20/h8H,2-7,9H2,1H3,(H2,17,18,19). The van der Waals surface area contributed by atoms with Crippen LogP contribution in [0.4, 0.5) is 11.6 Å². The Morgan fingerprint density at radius 3 is 2.48 bits per heavy atom. The lowest BCUT2D eigenvalue weighted by Gasteiger charge is -2.16. The molecule has 1 aromatic rings. The van der Waals surface area contributed by atoms with Gasteiger partial charge in [0.05, 0.1) is 16.6 Å². The Hall–Kier alpha value is -1.20. The minimum Gasteiger partial charge on any atom is -0.369 e. The Morgan fingerprint density at radius 2 is 1.86 bits per heavy atom. The Morgan fingerprint density at radius 1 is 1.24 bits per heavy atom. The number of pyridine rings is 1. The molecule has 1 aromatic heterocycles. The molecule has 0 spiro atoms. The van der Waals surface area contributed by atoms with E-state index in [0.29, 0.717) is 21.7 Å². The number of aromatic nitrogens is 1. The van der Waals surface area contributed by atoms with Crippen LogP contribution in [0.1, 0.15) is 26.2 Å². The van der Waals surface area contributed by atoms with E-state index >= 15 is 0 Å². The van der Waals surface area contributed by atoms with Crippen LogP contribution in [-0.2, 0) is 4.79 Å². The predicted molar refractivity (Wildman–Crippen MR) is 87.3 cm³/mol. The number of amides is 1. The van der Waals surface area contributed by atoms with E-state index in [2.05, 4.69) is 22.5 Å². The molecule has 0 atom stereocenters. The van der Waals surface area contributed by atoms with E-state index in [1.807, 2.05) is 4.90 Å². The molecule has 1 fully saturated rings. The predicted octanol–water partition coefficient (Wildman–Crippen LogP) is 3.24. The van der Waals surface area contributed by atoms with Gasteiger partial charge in [-0.05, 0) is 25.3 Å². The molecule has 0 radical (unpaired) electrons. The molecule has 116 valence electrons. The van der Waals surface area contributed by atoms with Crippen LogP contribution in [0, 0.1) is 0 Å². The monoisotopic (exact) mass is 330 g/mol. The van der Waals surface area contributed by atoms with Crippen LogP contribution in [0.3, 0.4) is 0 Å². The Kier molecular flexibility index (Phi) is 5.94. The first-order chi connectivity index (χ1) is 10.1. The van der Waals surface area contributed by atoms with Gasteiger partial charge in [0.15, 0.2) is 0 Å². The Bertz CT molecular complexity index is 504. The van der Waals surface area contributed by atoms with Crippen molar-refractivity contribution in [2.24, 2.45) is 0 Å². The summed E-state index contributed by atoms with van der Waals surface area (Å²) in [6.07, 6.45) is 3.13. The van der Waals surface area contributed by atoms with Gasteiger partial charge in [0.25, 0.3) is 0 Å². The molecular weight excluding hydrogens is 311 g/mol. The van der Waals surface area contributed by atoms with Gasteiger partial charge in [-0.15, -0.1) is 0 Å². The maximum Gasteiger partial charge on any atom is 0.241 e. The minimum atomic E-state index is 0.0726. The van der Waals surface area contributed by atoms with Crippen LogP contribution in [-0.4, -0.2) is 42.0 Å². The lowest BCUT2D eigenvalue weighted by Crippen LogP contribution is -2.33. The molecule has 0 aromatic carbocycles. The maximum absolute atomic E-state index is 12.0. The van der Waals surface area contributed by atoms with Crippen molar-refractivity contribution >= 4 is 40.7 Å².